The molecule has 0 unspecified atom stereocenters. The molecule has 158 valence electrons. The molecular formula is C23H22N4O2S2. The molecule has 0 radical (unpaired) electrons. The van der Waals surface area contributed by atoms with Crippen LogP contribution in [0.15, 0.2) is 63.4 Å². The lowest BCUT2D eigenvalue weighted by Gasteiger charge is -2.08. The van der Waals surface area contributed by atoms with E-state index < -0.39 is 5.56 Å². The minimum Gasteiger partial charge on any atom is -0.355 e. The van der Waals surface area contributed by atoms with Crippen molar-refractivity contribution in [1.82, 2.24) is 15.3 Å². The second-order valence-electron chi connectivity index (χ2n) is 6.87. The molecular weight excluding hydrogens is 428 g/mol. The minimum atomic E-state index is -0.509. The first-order valence-electron chi connectivity index (χ1n) is 9.66. The summed E-state index contributed by atoms with van der Waals surface area (Å²) in [4.78, 5) is 32.6. The van der Waals surface area contributed by atoms with E-state index in [1.54, 1.807) is 11.8 Å². The lowest BCUT2D eigenvalue weighted by molar-refractivity contribution is -0.118. The van der Waals surface area contributed by atoms with Gasteiger partial charge in [-0.1, -0.05) is 59.3 Å². The van der Waals surface area contributed by atoms with Gasteiger partial charge in [-0.25, -0.2) is 4.98 Å². The van der Waals surface area contributed by atoms with Gasteiger partial charge >= 0.3 is 0 Å². The molecule has 1 heterocycles. The predicted molar refractivity (Wildman–Crippen MR) is 125 cm³/mol. The smallest absolute Gasteiger partial charge is 0.270 e. The van der Waals surface area contributed by atoms with Crippen LogP contribution in [-0.2, 0) is 4.79 Å². The summed E-state index contributed by atoms with van der Waals surface area (Å²) in [5.41, 5.74) is 2.75. The summed E-state index contributed by atoms with van der Waals surface area (Å²) in [7, 11) is 0. The van der Waals surface area contributed by atoms with Crippen LogP contribution in [-0.4, -0.2) is 33.9 Å². The molecule has 0 aliphatic heterocycles. The van der Waals surface area contributed by atoms with Gasteiger partial charge in [0, 0.05) is 22.8 Å². The molecule has 2 N–H and O–H groups in total. The van der Waals surface area contributed by atoms with E-state index >= 15 is 0 Å². The van der Waals surface area contributed by atoms with Crippen LogP contribution in [0.4, 0.5) is 0 Å². The Morgan fingerprint density at radius 1 is 1.06 bits per heavy atom. The van der Waals surface area contributed by atoms with Crippen LogP contribution in [0.25, 0.3) is 11.3 Å². The second-order valence-corrected chi connectivity index (χ2v) is 9.01. The van der Waals surface area contributed by atoms with Gasteiger partial charge < -0.3 is 10.3 Å². The van der Waals surface area contributed by atoms with Crippen LogP contribution in [0.2, 0.25) is 0 Å². The number of nitrogens with one attached hydrogen (secondary N) is 2. The van der Waals surface area contributed by atoms with Gasteiger partial charge in [0.15, 0.2) is 5.16 Å². The van der Waals surface area contributed by atoms with Crippen molar-refractivity contribution < 1.29 is 4.79 Å². The topological polar surface area (TPSA) is 98.6 Å². The van der Waals surface area contributed by atoms with E-state index in [9.17, 15) is 14.9 Å². The number of thioether (sulfide) groups is 2. The summed E-state index contributed by atoms with van der Waals surface area (Å²) in [6.07, 6.45) is 0. The third kappa shape index (κ3) is 6.48. The SMILES string of the molecule is Cc1ccc(SCCNC(=O)CSc2nc(-c3ccc(C)cc3)c(C#N)c(=O)[nH]2)cc1. The number of aryl methyl sites for hydroxylation is 2. The van der Waals surface area contributed by atoms with Crippen LogP contribution in [0, 0.1) is 25.2 Å². The molecule has 2 aromatic carbocycles. The number of rotatable bonds is 8. The van der Waals surface area contributed by atoms with Crippen molar-refractivity contribution in [2.75, 3.05) is 18.1 Å². The Balaban J connectivity index is 1.56. The van der Waals surface area contributed by atoms with Crippen molar-refractivity contribution in [3.05, 3.63) is 75.6 Å². The van der Waals surface area contributed by atoms with Crippen LogP contribution in [0.3, 0.4) is 0 Å². The number of carbonyl (C=O) groups is 1. The number of carbonyl (C=O) groups excluding carboxylic acids is 1. The molecule has 0 fully saturated rings. The number of amides is 1. The maximum absolute atomic E-state index is 12.3. The number of aromatic nitrogens is 2. The molecule has 8 heteroatoms. The minimum absolute atomic E-state index is 0.0363. The van der Waals surface area contributed by atoms with Gasteiger partial charge in [-0.2, -0.15) is 5.26 Å². The standard InChI is InChI=1S/C23H22N4O2S2/c1-15-3-7-17(8-4-15)21-19(13-24)22(29)27-23(26-21)31-14-20(28)25-11-12-30-18-9-5-16(2)6-10-18/h3-10H,11-12,14H2,1-2H3,(H,25,28)(H,26,27,29). The Hall–Kier alpha value is -3.02. The number of nitrogens with zero attached hydrogens (tertiary/aromatic N) is 2. The Kier molecular flexibility index (Phi) is 7.93. The number of H-pyrrole nitrogens is 1. The Morgan fingerprint density at radius 2 is 1.71 bits per heavy atom. The maximum Gasteiger partial charge on any atom is 0.270 e. The van der Waals surface area contributed by atoms with E-state index in [0.717, 1.165) is 28.0 Å². The predicted octanol–water partition coefficient (Wildman–Crippen LogP) is 3.93. The van der Waals surface area contributed by atoms with Crippen molar-refractivity contribution in [2.24, 2.45) is 0 Å². The molecule has 1 aromatic heterocycles. The molecule has 0 saturated heterocycles. The summed E-state index contributed by atoms with van der Waals surface area (Å²) in [5.74, 6) is 0.749. The quantitative estimate of drug-likeness (QED) is 0.307. The fourth-order valence-electron chi connectivity index (χ4n) is 2.72. The highest BCUT2D eigenvalue weighted by Gasteiger charge is 2.14. The normalized spacial score (nSPS) is 10.5. The van der Waals surface area contributed by atoms with Crippen LogP contribution < -0.4 is 10.9 Å². The molecule has 0 atom stereocenters. The van der Waals surface area contributed by atoms with Gasteiger partial charge in [-0.05, 0) is 26.0 Å². The highest BCUT2D eigenvalue weighted by Crippen LogP contribution is 2.22. The third-order valence-corrected chi connectivity index (χ3v) is 6.28. The first-order chi connectivity index (χ1) is 15.0. The monoisotopic (exact) mass is 450 g/mol. The Bertz CT molecular complexity index is 1150. The second kappa shape index (κ2) is 10.8. The van der Waals surface area contributed by atoms with Crippen molar-refractivity contribution in [3.8, 4) is 17.3 Å². The molecule has 6 nitrogen and oxygen atoms in total. The number of aromatic amines is 1. The van der Waals surface area contributed by atoms with E-state index in [0.29, 0.717) is 23.0 Å². The fourth-order valence-corrected chi connectivity index (χ4v) is 4.18. The molecule has 3 aromatic rings. The fraction of sp³-hybridized carbons (Fsp3) is 0.217. The number of benzene rings is 2. The summed E-state index contributed by atoms with van der Waals surface area (Å²) >= 11 is 2.82. The highest BCUT2D eigenvalue weighted by molar-refractivity contribution is 7.99. The molecule has 0 aliphatic carbocycles. The van der Waals surface area contributed by atoms with E-state index in [1.807, 2.05) is 44.2 Å². The molecule has 0 bridgehead atoms. The molecule has 1 amide bonds. The number of hydrogen-bond acceptors (Lipinski definition) is 6. The molecule has 0 aliphatic rings. The lowest BCUT2D eigenvalue weighted by atomic mass is 10.1. The van der Waals surface area contributed by atoms with Crippen molar-refractivity contribution in [3.63, 3.8) is 0 Å². The van der Waals surface area contributed by atoms with Gasteiger partial charge in [0.25, 0.3) is 5.56 Å². The van der Waals surface area contributed by atoms with Crippen LogP contribution in [0.1, 0.15) is 16.7 Å². The third-order valence-electron chi connectivity index (χ3n) is 4.39. The zero-order valence-electron chi connectivity index (χ0n) is 17.3. The van der Waals surface area contributed by atoms with Gasteiger partial charge in [0.2, 0.25) is 5.91 Å². The van der Waals surface area contributed by atoms with Crippen molar-refractivity contribution >= 4 is 29.4 Å². The zero-order valence-corrected chi connectivity index (χ0v) is 18.9. The van der Waals surface area contributed by atoms with Crippen LogP contribution in [0.5, 0.6) is 0 Å². The van der Waals surface area contributed by atoms with Gasteiger partial charge in [-0.15, -0.1) is 11.8 Å². The average Bonchev–Trinajstić information content (AvgIpc) is 2.76. The largest absolute Gasteiger partial charge is 0.355 e. The number of hydrogen-bond donors (Lipinski definition) is 2. The summed E-state index contributed by atoms with van der Waals surface area (Å²) in [6, 6.07) is 17.6. The van der Waals surface area contributed by atoms with Crippen molar-refractivity contribution in [2.45, 2.75) is 23.9 Å². The van der Waals surface area contributed by atoms with E-state index in [1.165, 1.54) is 5.56 Å². The Labute approximate surface area is 189 Å². The molecule has 31 heavy (non-hydrogen) atoms. The highest BCUT2D eigenvalue weighted by atomic mass is 32.2. The Morgan fingerprint density at radius 3 is 2.35 bits per heavy atom. The van der Waals surface area contributed by atoms with Crippen molar-refractivity contribution in [1.29, 1.82) is 5.26 Å². The molecule has 3 rings (SSSR count). The zero-order chi connectivity index (χ0) is 22.2. The lowest BCUT2D eigenvalue weighted by Crippen LogP contribution is -2.27. The molecule has 0 saturated carbocycles. The van der Waals surface area contributed by atoms with Gasteiger partial charge in [0.1, 0.15) is 11.6 Å². The first kappa shape index (κ1) is 22.7. The summed E-state index contributed by atoms with van der Waals surface area (Å²) in [5, 5.41) is 12.5. The van der Waals surface area contributed by atoms with Gasteiger partial charge in [-0.3, -0.25) is 9.59 Å². The van der Waals surface area contributed by atoms with E-state index in [2.05, 4.69) is 39.6 Å². The summed E-state index contributed by atoms with van der Waals surface area (Å²) < 4.78 is 0. The first-order valence-corrected chi connectivity index (χ1v) is 11.6. The number of nitriles is 1. The average molecular weight is 451 g/mol. The molecule has 0 spiro atoms. The maximum atomic E-state index is 12.3. The van der Waals surface area contributed by atoms with E-state index in [-0.39, 0.29) is 17.2 Å². The van der Waals surface area contributed by atoms with Gasteiger partial charge in [0.05, 0.1) is 11.4 Å². The summed E-state index contributed by atoms with van der Waals surface area (Å²) in [6.45, 7) is 4.55. The van der Waals surface area contributed by atoms with E-state index in [4.69, 9.17) is 0 Å². The van der Waals surface area contributed by atoms with Crippen LogP contribution >= 0.6 is 23.5 Å².